The van der Waals surface area contributed by atoms with Crippen LogP contribution in [0.25, 0.3) is 0 Å². The van der Waals surface area contributed by atoms with Crippen LogP contribution in [0.3, 0.4) is 0 Å². The average molecular weight is 267 g/mol. The molecule has 18 heavy (non-hydrogen) atoms. The zero-order valence-electron chi connectivity index (χ0n) is 11.1. The van der Waals surface area contributed by atoms with E-state index in [0.717, 1.165) is 11.2 Å². The molecule has 0 spiro atoms. The van der Waals surface area contributed by atoms with Crippen LogP contribution in [0.2, 0.25) is 0 Å². The number of para-hydroxylation sites is 1. The predicted octanol–water partition coefficient (Wildman–Crippen LogP) is 2.91. The van der Waals surface area contributed by atoms with Crippen molar-refractivity contribution >= 4 is 23.4 Å². The van der Waals surface area contributed by atoms with Gasteiger partial charge in [0.2, 0.25) is 0 Å². The maximum Gasteiger partial charge on any atom is 0.0588 e. The second kappa shape index (κ2) is 12.3. The second-order valence-electron chi connectivity index (χ2n) is 4.15. The zero-order chi connectivity index (χ0) is 13.6. The molecule has 4 heteroatoms. The summed E-state index contributed by atoms with van der Waals surface area (Å²) < 4.78 is 0. The standard InChI is InChI=1S/C7H9N.C6H13N.CH3NS/c1-8-7-5-3-2-4-6-7;7-6-4-2-1-3-5-6;2-1-3/h2-6,8H,1H3;6H,1-5,7H2;1H,(H2,2,3). The van der Waals surface area contributed by atoms with Crippen molar-refractivity contribution in [2.45, 2.75) is 38.1 Å². The van der Waals surface area contributed by atoms with Gasteiger partial charge in [-0.2, -0.15) is 0 Å². The summed E-state index contributed by atoms with van der Waals surface area (Å²) in [4.78, 5) is 0. The van der Waals surface area contributed by atoms with Crippen LogP contribution < -0.4 is 16.8 Å². The van der Waals surface area contributed by atoms with Crippen LogP contribution >= 0.6 is 12.2 Å². The molecule has 0 aliphatic heterocycles. The minimum absolute atomic E-state index is 0.536. The molecule has 1 aliphatic rings. The van der Waals surface area contributed by atoms with E-state index < -0.39 is 0 Å². The van der Waals surface area contributed by atoms with Gasteiger partial charge in [-0.25, -0.2) is 0 Å². The molecule has 0 saturated heterocycles. The molecule has 3 nitrogen and oxygen atoms in total. The van der Waals surface area contributed by atoms with E-state index in [2.05, 4.69) is 23.3 Å². The fraction of sp³-hybridized carbons (Fsp3) is 0.500. The third-order valence-corrected chi connectivity index (χ3v) is 2.71. The van der Waals surface area contributed by atoms with E-state index in [4.69, 9.17) is 5.73 Å². The minimum atomic E-state index is 0.536. The van der Waals surface area contributed by atoms with Crippen LogP contribution in [-0.4, -0.2) is 18.6 Å². The Morgan fingerprint density at radius 3 is 1.94 bits per heavy atom. The van der Waals surface area contributed by atoms with Crippen LogP contribution in [0.4, 0.5) is 5.69 Å². The lowest BCUT2D eigenvalue weighted by Crippen LogP contribution is -2.22. The molecule has 0 heterocycles. The zero-order valence-corrected chi connectivity index (χ0v) is 12.0. The number of anilines is 1. The normalized spacial score (nSPS) is 14.3. The molecular formula is C14H25N3S. The van der Waals surface area contributed by atoms with Gasteiger partial charge in [0, 0.05) is 18.8 Å². The van der Waals surface area contributed by atoms with E-state index in [1.165, 1.54) is 32.1 Å². The molecule has 0 aromatic heterocycles. The van der Waals surface area contributed by atoms with Crippen LogP contribution in [0.1, 0.15) is 32.1 Å². The Morgan fingerprint density at radius 2 is 1.67 bits per heavy atom. The van der Waals surface area contributed by atoms with Gasteiger partial charge < -0.3 is 16.8 Å². The number of benzene rings is 1. The molecule has 1 aromatic rings. The Hall–Kier alpha value is -1.13. The van der Waals surface area contributed by atoms with E-state index in [1.807, 2.05) is 37.4 Å². The van der Waals surface area contributed by atoms with Gasteiger partial charge in [-0.1, -0.05) is 49.7 Å². The number of nitrogens with two attached hydrogens (primary N) is 2. The summed E-state index contributed by atoms with van der Waals surface area (Å²) >= 11 is 4.05. The average Bonchev–Trinajstić information content (AvgIpc) is 2.42. The van der Waals surface area contributed by atoms with Crippen molar-refractivity contribution in [1.82, 2.24) is 0 Å². The molecule has 1 aromatic carbocycles. The lowest BCUT2D eigenvalue weighted by atomic mass is 9.97. The fourth-order valence-electron chi connectivity index (χ4n) is 1.74. The van der Waals surface area contributed by atoms with Gasteiger partial charge in [-0.3, -0.25) is 0 Å². The number of rotatable bonds is 1. The Balaban J connectivity index is 0.000000267. The monoisotopic (exact) mass is 267 g/mol. The van der Waals surface area contributed by atoms with Gasteiger partial charge in [0.1, 0.15) is 0 Å². The molecule has 0 bridgehead atoms. The molecule has 1 saturated carbocycles. The van der Waals surface area contributed by atoms with Gasteiger partial charge >= 0.3 is 0 Å². The quantitative estimate of drug-likeness (QED) is 0.685. The highest BCUT2D eigenvalue weighted by molar-refractivity contribution is 7.78. The van der Waals surface area contributed by atoms with Crippen LogP contribution in [-0.2, 0) is 0 Å². The maximum absolute atomic E-state index is 5.63. The summed E-state index contributed by atoms with van der Waals surface area (Å²) in [5, 5.41) is 3.03. The van der Waals surface area contributed by atoms with E-state index in [-0.39, 0.29) is 0 Å². The highest BCUT2D eigenvalue weighted by Gasteiger charge is 2.06. The van der Waals surface area contributed by atoms with E-state index in [9.17, 15) is 0 Å². The molecule has 0 unspecified atom stereocenters. The summed E-state index contributed by atoms with van der Waals surface area (Å²) in [6.07, 6.45) is 6.66. The van der Waals surface area contributed by atoms with Crippen molar-refractivity contribution in [2.24, 2.45) is 11.5 Å². The molecule has 2 rings (SSSR count). The Labute approximate surface area is 116 Å². The first kappa shape index (κ1) is 16.9. The van der Waals surface area contributed by atoms with Gasteiger partial charge in [0.05, 0.1) is 5.49 Å². The minimum Gasteiger partial charge on any atom is -0.396 e. The molecule has 1 aliphatic carbocycles. The van der Waals surface area contributed by atoms with Crippen molar-refractivity contribution in [2.75, 3.05) is 12.4 Å². The molecule has 1 fully saturated rings. The van der Waals surface area contributed by atoms with Gasteiger partial charge in [-0.05, 0) is 25.0 Å². The van der Waals surface area contributed by atoms with E-state index >= 15 is 0 Å². The van der Waals surface area contributed by atoms with Gasteiger partial charge in [0.25, 0.3) is 0 Å². The Bertz CT molecular complexity index is 284. The van der Waals surface area contributed by atoms with Crippen molar-refractivity contribution in [3.05, 3.63) is 30.3 Å². The number of nitrogens with one attached hydrogen (secondary N) is 1. The number of hydrogen-bond donors (Lipinski definition) is 3. The molecular weight excluding hydrogens is 242 g/mol. The third kappa shape index (κ3) is 10.1. The number of hydrogen-bond acceptors (Lipinski definition) is 3. The van der Waals surface area contributed by atoms with Crippen LogP contribution in [0, 0.1) is 0 Å². The Morgan fingerprint density at radius 1 is 1.17 bits per heavy atom. The summed E-state index contributed by atoms with van der Waals surface area (Å²) in [5.74, 6) is 0. The highest BCUT2D eigenvalue weighted by atomic mass is 32.1. The summed E-state index contributed by atoms with van der Waals surface area (Å²) in [6, 6.07) is 10.6. The first-order valence-corrected chi connectivity index (χ1v) is 6.85. The maximum atomic E-state index is 5.63. The highest BCUT2D eigenvalue weighted by Crippen LogP contribution is 2.14. The topological polar surface area (TPSA) is 64.1 Å². The van der Waals surface area contributed by atoms with Gasteiger partial charge in [-0.15, -0.1) is 0 Å². The van der Waals surface area contributed by atoms with Crippen LogP contribution in [0.15, 0.2) is 30.3 Å². The predicted molar refractivity (Wildman–Crippen MR) is 84.9 cm³/mol. The third-order valence-electron chi connectivity index (χ3n) is 2.71. The van der Waals surface area contributed by atoms with E-state index in [1.54, 1.807) is 0 Å². The summed E-state index contributed by atoms with van der Waals surface area (Å²) in [5.41, 5.74) is 12.4. The van der Waals surface area contributed by atoms with Gasteiger partial charge in [0.15, 0.2) is 0 Å². The number of thiocarbonyl (C=S) groups is 1. The smallest absolute Gasteiger partial charge is 0.0588 e. The second-order valence-corrected chi connectivity index (χ2v) is 4.42. The summed E-state index contributed by atoms with van der Waals surface area (Å²) in [6.45, 7) is 0. The van der Waals surface area contributed by atoms with Crippen LogP contribution in [0.5, 0.6) is 0 Å². The lowest BCUT2D eigenvalue weighted by molar-refractivity contribution is 0.441. The van der Waals surface area contributed by atoms with Crippen molar-refractivity contribution in [1.29, 1.82) is 0 Å². The SMILES string of the molecule is CNc1ccccc1.NC1CCCCC1.NC=S. The largest absolute Gasteiger partial charge is 0.396 e. The summed E-state index contributed by atoms with van der Waals surface area (Å²) in [7, 11) is 1.91. The van der Waals surface area contributed by atoms with E-state index in [0.29, 0.717) is 6.04 Å². The van der Waals surface area contributed by atoms with Crippen molar-refractivity contribution in [3.63, 3.8) is 0 Å². The first-order valence-electron chi connectivity index (χ1n) is 6.38. The van der Waals surface area contributed by atoms with Crippen molar-refractivity contribution < 1.29 is 0 Å². The first-order chi connectivity index (χ1) is 8.74. The fourth-order valence-corrected chi connectivity index (χ4v) is 1.74. The molecule has 5 N–H and O–H groups in total. The van der Waals surface area contributed by atoms with Crippen molar-refractivity contribution in [3.8, 4) is 0 Å². The molecule has 102 valence electrons. The molecule has 0 amide bonds. The molecule has 0 atom stereocenters. The lowest BCUT2D eigenvalue weighted by Gasteiger charge is -2.15. The molecule has 0 radical (unpaired) electrons. The Kier molecular flexibility index (Phi) is 11.6.